The van der Waals surface area contributed by atoms with Gasteiger partial charge in [0.05, 0.1) is 7.11 Å². The highest BCUT2D eigenvalue weighted by molar-refractivity contribution is 5.89. The first-order valence-corrected chi connectivity index (χ1v) is 13.2. The molecule has 1 aliphatic heterocycles. The quantitative estimate of drug-likeness (QED) is 0.125. The molecule has 44 heavy (non-hydrogen) atoms. The lowest BCUT2D eigenvalue weighted by atomic mass is 9.99. The van der Waals surface area contributed by atoms with Gasteiger partial charge in [-0.3, -0.25) is 4.79 Å². The summed E-state index contributed by atoms with van der Waals surface area (Å²) in [7, 11) is 1.20. The summed E-state index contributed by atoms with van der Waals surface area (Å²) in [6.07, 6.45) is -5.71. The minimum absolute atomic E-state index is 0.00640. The van der Waals surface area contributed by atoms with Crippen molar-refractivity contribution in [1.29, 1.82) is 0 Å². The van der Waals surface area contributed by atoms with Gasteiger partial charge in [-0.15, -0.1) is 0 Å². The fourth-order valence-electron chi connectivity index (χ4n) is 4.55. The smallest absolute Gasteiger partial charge is 0.330 e. The van der Waals surface area contributed by atoms with Gasteiger partial charge in [0.25, 0.3) is 0 Å². The van der Waals surface area contributed by atoms with E-state index >= 15 is 0 Å². The Labute approximate surface area is 249 Å². The molecule has 2 heterocycles. The molecule has 1 saturated heterocycles. The molecule has 1 aliphatic rings. The number of phenols is 3. The lowest BCUT2D eigenvalue weighted by Crippen LogP contribution is -2.60. The predicted octanol–water partition coefficient (Wildman–Crippen LogP) is 2.03. The Balaban J connectivity index is 1.37. The Morgan fingerprint density at radius 2 is 1.57 bits per heavy atom. The van der Waals surface area contributed by atoms with E-state index in [-0.39, 0.29) is 39.7 Å². The molecule has 5 atom stereocenters. The van der Waals surface area contributed by atoms with Crippen LogP contribution in [-0.2, 0) is 14.3 Å². The average Bonchev–Trinajstić information content (AvgIpc) is 3.00. The van der Waals surface area contributed by atoms with Gasteiger partial charge in [-0.05, 0) is 48.0 Å². The summed E-state index contributed by atoms with van der Waals surface area (Å²) in [6.45, 7) is -0.533. The third-order valence-electron chi connectivity index (χ3n) is 6.88. The van der Waals surface area contributed by atoms with Gasteiger partial charge in [-0.2, -0.15) is 0 Å². The Morgan fingerprint density at radius 3 is 2.23 bits per heavy atom. The number of carbonyl (C=O) groups excluding carboxylic acids is 1. The number of rotatable bonds is 8. The highest BCUT2D eigenvalue weighted by Gasteiger charge is 2.46. The maximum absolute atomic E-state index is 12.9. The first kappa shape index (κ1) is 30.4. The van der Waals surface area contributed by atoms with Crippen LogP contribution in [-0.4, -0.2) is 81.0 Å². The van der Waals surface area contributed by atoms with E-state index in [0.717, 1.165) is 12.1 Å². The van der Waals surface area contributed by atoms with Crippen molar-refractivity contribution in [3.05, 3.63) is 82.5 Å². The molecule has 1 aromatic heterocycles. The molecule has 3 aromatic carbocycles. The Hall–Kier alpha value is -5.08. The van der Waals surface area contributed by atoms with Crippen LogP contribution in [0.4, 0.5) is 0 Å². The number of phenolic OH excluding ortho intramolecular Hbond substituents is 3. The standard InChI is InChI=1S/C31H28O13/c1-40-30-22(13-21-25(27(30)37)19(34)12-20(42-21)16-5-9-18(33)10-6-16)43-31-29(39)28(38)26(36)23(44-31)14-41-24(35)11-4-15-2-7-17(32)8-3-15/h2-13,23,26,28-29,31-33,36-39H,14H2,1H3/b11-4+/t23-,26+,28+,29+,31+/m0/s1. The third-order valence-corrected chi connectivity index (χ3v) is 6.88. The van der Waals surface area contributed by atoms with Crippen LogP contribution in [0.1, 0.15) is 5.56 Å². The van der Waals surface area contributed by atoms with Gasteiger partial charge in [0, 0.05) is 23.8 Å². The second-order valence-electron chi connectivity index (χ2n) is 9.84. The molecule has 0 spiro atoms. The van der Waals surface area contributed by atoms with E-state index in [1.807, 2.05) is 0 Å². The van der Waals surface area contributed by atoms with Crippen molar-refractivity contribution >= 4 is 23.0 Å². The minimum Gasteiger partial charge on any atom is -0.508 e. The SMILES string of the molecule is COc1c(O[C@@H]2O[C@@H](COC(=O)/C=C/c3ccc(O)cc3)[C@@H](O)[C@@H](O)[C@H]2O)cc2oc(-c3ccc(O)cc3)cc(=O)c2c1O. The van der Waals surface area contributed by atoms with Crippen molar-refractivity contribution in [2.45, 2.75) is 30.7 Å². The van der Waals surface area contributed by atoms with Crippen molar-refractivity contribution in [3.8, 4) is 40.1 Å². The molecule has 4 aromatic rings. The summed E-state index contributed by atoms with van der Waals surface area (Å²) in [5, 5.41) is 61.1. The number of hydrogen-bond acceptors (Lipinski definition) is 13. The molecule has 1 fully saturated rings. The van der Waals surface area contributed by atoms with E-state index in [1.165, 1.54) is 55.7 Å². The predicted molar refractivity (Wildman–Crippen MR) is 153 cm³/mol. The van der Waals surface area contributed by atoms with Crippen molar-refractivity contribution < 1.29 is 58.8 Å². The fourth-order valence-corrected chi connectivity index (χ4v) is 4.55. The number of carbonyl (C=O) groups is 1. The first-order chi connectivity index (χ1) is 21.0. The van der Waals surface area contributed by atoms with Crippen LogP contribution in [0.2, 0.25) is 0 Å². The van der Waals surface area contributed by atoms with Crippen molar-refractivity contribution in [3.63, 3.8) is 0 Å². The Bertz CT molecular complexity index is 1730. The van der Waals surface area contributed by atoms with Crippen LogP contribution < -0.4 is 14.9 Å². The summed E-state index contributed by atoms with van der Waals surface area (Å²) >= 11 is 0. The molecule has 13 heteroatoms. The van der Waals surface area contributed by atoms with Crippen LogP contribution in [0.25, 0.3) is 28.4 Å². The zero-order valence-corrected chi connectivity index (χ0v) is 23.1. The molecule has 0 unspecified atom stereocenters. The average molecular weight is 609 g/mol. The topological polar surface area (TPSA) is 206 Å². The molecule has 5 rings (SSSR count). The maximum Gasteiger partial charge on any atom is 0.330 e. The van der Waals surface area contributed by atoms with E-state index in [9.17, 15) is 40.2 Å². The zero-order valence-electron chi connectivity index (χ0n) is 23.1. The molecule has 6 N–H and O–H groups in total. The van der Waals surface area contributed by atoms with E-state index < -0.39 is 54.5 Å². The van der Waals surface area contributed by atoms with Crippen LogP contribution in [0.15, 0.2) is 76.0 Å². The number of methoxy groups -OCH3 is 1. The van der Waals surface area contributed by atoms with Gasteiger partial charge >= 0.3 is 5.97 Å². The van der Waals surface area contributed by atoms with E-state index in [1.54, 1.807) is 12.1 Å². The molecule has 0 aliphatic carbocycles. The van der Waals surface area contributed by atoms with E-state index in [4.69, 9.17) is 23.4 Å². The molecule has 0 bridgehead atoms. The molecular formula is C31H28O13. The van der Waals surface area contributed by atoms with Crippen LogP contribution >= 0.6 is 0 Å². The number of aliphatic hydroxyl groups excluding tert-OH is 3. The van der Waals surface area contributed by atoms with Crippen molar-refractivity contribution in [1.82, 2.24) is 0 Å². The van der Waals surface area contributed by atoms with Gasteiger partial charge < -0.3 is 54.0 Å². The van der Waals surface area contributed by atoms with E-state index in [0.29, 0.717) is 11.1 Å². The van der Waals surface area contributed by atoms with Gasteiger partial charge in [-0.25, -0.2) is 4.79 Å². The molecule has 230 valence electrons. The third kappa shape index (κ3) is 6.31. The summed E-state index contributed by atoms with van der Waals surface area (Å²) in [5.74, 6) is -1.79. The number of ether oxygens (including phenoxy) is 4. The second kappa shape index (κ2) is 12.7. The van der Waals surface area contributed by atoms with E-state index in [2.05, 4.69) is 0 Å². The van der Waals surface area contributed by atoms with Crippen molar-refractivity contribution in [2.24, 2.45) is 0 Å². The lowest BCUT2D eigenvalue weighted by molar-refractivity contribution is -0.278. The highest BCUT2D eigenvalue weighted by Crippen LogP contribution is 2.43. The zero-order chi connectivity index (χ0) is 31.5. The largest absolute Gasteiger partial charge is 0.508 e. The Morgan fingerprint density at radius 1 is 0.909 bits per heavy atom. The number of fused-ring (bicyclic) bond motifs is 1. The summed E-state index contributed by atoms with van der Waals surface area (Å²) in [6, 6.07) is 14.3. The molecule has 13 nitrogen and oxygen atoms in total. The number of aliphatic hydroxyl groups is 3. The van der Waals surface area contributed by atoms with Gasteiger partial charge in [0.2, 0.25) is 12.0 Å². The second-order valence-corrected chi connectivity index (χ2v) is 9.84. The molecular weight excluding hydrogens is 580 g/mol. The maximum atomic E-state index is 12.9. The fraction of sp³-hybridized carbons (Fsp3) is 0.226. The summed E-state index contributed by atoms with van der Waals surface area (Å²) in [4.78, 5) is 25.2. The molecule has 0 amide bonds. The van der Waals surface area contributed by atoms with Crippen molar-refractivity contribution in [2.75, 3.05) is 13.7 Å². The van der Waals surface area contributed by atoms with Gasteiger partial charge in [-0.1, -0.05) is 12.1 Å². The highest BCUT2D eigenvalue weighted by atomic mass is 16.7. The Kier molecular flexibility index (Phi) is 8.73. The van der Waals surface area contributed by atoms with Crippen LogP contribution in [0.5, 0.6) is 28.7 Å². The van der Waals surface area contributed by atoms with Gasteiger partial charge in [0.1, 0.15) is 59.3 Å². The minimum atomic E-state index is -1.80. The molecule has 0 radical (unpaired) electrons. The number of hydrogen-bond donors (Lipinski definition) is 6. The molecule has 0 saturated carbocycles. The number of esters is 1. The first-order valence-electron chi connectivity index (χ1n) is 13.2. The van der Waals surface area contributed by atoms with Gasteiger partial charge in [0.15, 0.2) is 16.9 Å². The summed E-state index contributed by atoms with van der Waals surface area (Å²) < 4.78 is 27.6. The lowest BCUT2D eigenvalue weighted by Gasteiger charge is -2.40. The number of benzene rings is 3. The van der Waals surface area contributed by atoms with Crippen LogP contribution in [0, 0.1) is 0 Å². The normalized spacial score (nSPS) is 21.8. The summed E-state index contributed by atoms with van der Waals surface area (Å²) in [5.41, 5.74) is 0.341. The van der Waals surface area contributed by atoms with Crippen LogP contribution in [0.3, 0.4) is 0 Å². The number of aromatic hydroxyl groups is 3. The monoisotopic (exact) mass is 608 g/mol.